The number of ether oxygens (including phenoxy) is 6. The highest BCUT2D eigenvalue weighted by atomic mass is 16.7. The number of morpholine rings is 1. The molecular weight excluding hydrogens is 682 g/mol. The number of fused-ring (bicyclic) bond motifs is 1. The van der Waals surface area contributed by atoms with E-state index in [1.165, 1.54) is 25.1 Å². The molecule has 4 heterocycles. The van der Waals surface area contributed by atoms with Crippen LogP contribution in [0.15, 0.2) is 39.5 Å². The molecule has 10 unspecified atom stereocenters. The van der Waals surface area contributed by atoms with Crippen molar-refractivity contribution in [2.45, 2.75) is 68.3 Å². The van der Waals surface area contributed by atoms with Crippen LogP contribution >= 0.6 is 0 Å². The number of phenolic OH excluding ortho intramolecular Hbond substituents is 3. The van der Waals surface area contributed by atoms with Gasteiger partial charge >= 0.3 is 0 Å². The van der Waals surface area contributed by atoms with E-state index in [0.29, 0.717) is 19.8 Å². The second kappa shape index (κ2) is 15.4. The highest BCUT2D eigenvalue weighted by molar-refractivity contribution is 5.88. The highest BCUT2D eigenvalue weighted by Crippen LogP contribution is 2.39. The minimum Gasteiger partial charge on any atom is -0.507 e. The van der Waals surface area contributed by atoms with Gasteiger partial charge < -0.3 is 78.8 Å². The van der Waals surface area contributed by atoms with Crippen molar-refractivity contribution in [3.63, 3.8) is 0 Å². The predicted octanol–water partition coefficient (Wildman–Crippen LogP) is -1.68. The largest absolute Gasteiger partial charge is 0.507 e. The second-order valence-electron chi connectivity index (χ2n) is 12.6. The highest BCUT2D eigenvalue weighted by Gasteiger charge is 2.48. The minimum atomic E-state index is -1.96. The Morgan fingerprint density at radius 1 is 0.804 bits per heavy atom. The molecule has 0 radical (unpaired) electrons. The van der Waals surface area contributed by atoms with Gasteiger partial charge in [0.25, 0.3) is 0 Å². The summed E-state index contributed by atoms with van der Waals surface area (Å²) in [7, 11) is 0. The van der Waals surface area contributed by atoms with E-state index in [9.17, 15) is 50.8 Å². The van der Waals surface area contributed by atoms with Gasteiger partial charge in [0, 0.05) is 37.3 Å². The average molecular weight is 724 g/mol. The molecule has 18 nitrogen and oxygen atoms in total. The molecule has 9 N–H and O–H groups in total. The van der Waals surface area contributed by atoms with Crippen LogP contribution in [0.4, 0.5) is 0 Å². The number of benzene rings is 2. The maximum absolute atomic E-state index is 14.0. The molecule has 3 fully saturated rings. The van der Waals surface area contributed by atoms with Gasteiger partial charge in [0.1, 0.15) is 71.8 Å². The van der Waals surface area contributed by atoms with Crippen LogP contribution in [0.5, 0.6) is 28.7 Å². The third-order valence-electron chi connectivity index (χ3n) is 9.06. The monoisotopic (exact) mass is 723 g/mol. The normalized spacial score (nSPS) is 31.8. The van der Waals surface area contributed by atoms with Crippen molar-refractivity contribution in [2.24, 2.45) is 0 Å². The summed E-state index contributed by atoms with van der Waals surface area (Å²) >= 11 is 0. The molecule has 3 saturated heterocycles. The zero-order chi connectivity index (χ0) is 36.6. The molecule has 0 saturated carbocycles. The molecule has 280 valence electrons. The fraction of sp³-hybridized carbons (Fsp3) is 0.545. The van der Waals surface area contributed by atoms with Crippen LogP contribution in [0.3, 0.4) is 0 Å². The quantitative estimate of drug-likeness (QED) is 0.106. The van der Waals surface area contributed by atoms with E-state index < -0.39 is 96.4 Å². The molecule has 1 aromatic heterocycles. The molecule has 3 aliphatic heterocycles. The van der Waals surface area contributed by atoms with Crippen LogP contribution < -0.4 is 14.9 Å². The Bertz CT molecular complexity index is 1730. The van der Waals surface area contributed by atoms with Crippen molar-refractivity contribution >= 4 is 11.0 Å². The summed E-state index contributed by atoms with van der Waals surface area (Å²) in [6, 6.07) is 6.08. The van der Waals surface area contributed by atoms with Crippen LogP contribution in [0.1, 0.15) is 6.92 Å². The van der Waals surface area contributed by atoms with Crippen molar-refractivity contribution in [2.75, 3.05) is 46.1 Å². The summed E-state index contributed by atoms with van der Waals surface area (Å²) in [5.74, 6) is -2.39. The molecule has 3 aliphatic rings. The van der Waals surface area contributed by atoms with Crippen LogP contribution in [0.2, 0.25) is 0 Å². The Labute approximate surface area is 289 Å². The van der Waals surface area contributed by atoms with E-state index in [0.717, 1.165) is 25.2 Å². The van der Waals surface area contributed by atoms with Gasteiger partial charge in [-0.1, -0.05) is 0 Å². The molecule has 0 spiro atoms. The predicted molar refractivity (Wildman–Crippen MR) is 171 cm³/mol. The first-order chi connectivity index (χ1) is 24.3. The number of aliphatic hydroxyl groups excluding tert-OH is 6. The SMILES string of the molecule is CC1OC(OCC2OC(Oc3c(-c4ccc(O)c(O)c4)oc4cc(OCCN5CCOCC5)cc(O)c4c3=O)C(O)C(O)C2O)C(O)C(O)C1O. The van der Waals surface area contributed by atoms with E-state index in [4.69, 9.17) is 32.8 Å². The van der Waals surface area contributed by atoms with Crippen LogP contribution in [-0.4, -0.2) is 158 Å². The molecule has 0 amide bonds. The first-order valence-electron chi connectivity index (χ1n) is 16.3. The first kappa shape index (κ1) is 37.0. The van der Waals surface area contributed by atoms with Crippen LogP contribution in [-0.2, 0) is 18.9 Å². The standard InChI is InChI=1S/C33H41NO17/c1-14-23(38)26(41)28(43)32(48-14)47-13-21-24(39)27(42)29(44)33(50-21)51-31-25(40)22-19(37)11-16(46-9-6-34-4-7-45-8-5-34)12-20(22)49-30(31)15-2-3-17(35)18(36)10-15/h2-3,10-12,14,21,23-24,26-29,32-33,35-39,41-44H,4-9,13H2,1H3. The molecule has 10 atom stereocenters. The van der Waals surface area contributed by atoms with Gasteiger partial charge in [0.15, 0.2) is 23.5 Å². The van der Waals surface area contributed by atoms with E-state index in [2.05, 4.69) is 4.90 Å². The van der Waals surface area contributed by atoms with Gasteiger partial charge in [-0.25, -0.2) is 0 Å². The topological polar surface area (TPSA) is 271 Å². The maximum atomic E-state index is 14.0. The summed E-state index contributed by atoms with van der Waals surface area (Å²) in [5, 5.41) is 93.3. The number of aliphatic hydroxyl groups is 6. The smallest absolute Gasteiger partial charge is 0.239 e. The lowest BCUT2D eigenvalue weighted by Crippen LogP contribution is -2.61. The Kier molecular flexibility index (Phi) is 11.2. The van der Waals surface area contributed by atoms with Gasteiger partial charge in [-0.05, 0) is 25.1 Å². The van der Waals surface area contributed by atoms with Gasteiger partial charge in [-0.15, -0.1) is 0 Å². The number of nitrogens with zero attached hydrogens (tertiary/aromatic N) is 1. The van der Waals surface area contributed by atoms with Gasteiger partial charge in [0.05, 0.1) is 25.9 Å². The van der Waals surface area contributed by atoms with Crippen molar-refractivity contribution in [1.82, 2.24) is 4.90 Å². The lowest BCUT2D eigenvalue weighted by Gasteiger charge is -2.42. The summed E-state index contributed by atoms with van der Waals surface area (Å²) in [6.07, 6.45) is -16.1. The Morgan fingerprint density at radius 2 is 1.51 bits per heavy atom. The molecule has 0 bridgehead atoms. The number of hydrogen-bond donors (Lipinski definition) is 9. The molecule has 2 aromatic carbocycles. The van der Waals surface area contributed by atoms with E-state index in [1.807, 2.05) is 0 Å². The van der Waals surface area contributed by atoms with Crippen molar-refractivity contribution in [1.29, 1.82) is 0 Å². The second-order valence-corrected chi connectivity index (χ2v) is 12.6. The lowest BCUT2D eigenvalue weighted by atomic mass is 9.98. The molecule has 51 heavy (non-hydrogen) atoms. The zero-order valence-electron chi connectivity index (χ0n) is 27.3. The van der Waals surface area contributed by atoms with Gasteiger partial charge in [-0.3, -0.25) is 9.69 Å². The fourth-order valence-electron chi connectivity index (χ4n) is 6.03. The number of hydrogen-bond acceptors (Lipinski definition) is 18. The molecule has 3 aromatic rings. The number of rotatable bonds is 10. The van der Waals surface area contributed by atoms with E-state index in [1.54, 1.807) is 0 Å². The maximum Gasteiger partial charge on any atom is 0.239 e. The summed E-state index contributed by atoms with van der Waals surface area (Å²) in [5.41, 5.74) is -1.09. The number of phenols is 3. The van der Waals surface area contributed by atoms with E-state index in [-0.39, 0.29) is 34.6 Å². The Morgan fingerprint density at radius 3 is 2.24 bits per heavy atom. The van der Waals surface area contributed by atoms with Crippen LogP contribution in [0.25, 0.3) is 22.3 Å². The Hall–Kier alpha value is -3.79. The third-order valence-corrected chi connectivity index (χ3v) is 9.06. The molecular formula is C33H41NO17. The minimum absolute atomic E-state index is 0.0153. The molecule has 0 aliphatic carbocycles. The van der Waals surface area contributed by atoms with Crippen molar-refractivity contribution in [3.05, 3.63) is 40.6 Å². The van der Waals surface area contributed by atoms with E-state index >= 15 is 0 Å². The average Bonchev–Trinajstić information content (AvgIpc) is 3.11. The summed E-state index contributed by atoms with van der Waals surface area (Å²) in [4.78, 5) is 16.2. The van der Waals surface area contributed by atoms with Crippen LogP contribution in [0, 0.1) is 0 Å². The third kappa shape index (κ3) is 7.71. The summed E-state index contributed by atoms with van der Waals surface area (Å²) in [6.45, 7) is 4.35. The van der Waals surface area contributed by atoms with Gasteiger partial charge in [-0.2, -0.15) is 0 Å². The van der Waals surface area contributed by atoms with Crippen molar-refractivity contribution in [3.8, 4) is 40.1 Å². The van der Waals surface area contributed by atoms with Crippen molar-refractivity contribution < 1.29 is 78.8 Å². The fourth-order valence-corrected chi connectivity index (χ4v) is 6.03. The van der Waals surface area contributed by atoms with Gasteiger partial charge in [0.2, 0.25) is 17.5 Å². The first-order valence-corrected chi connectivity index (χ1v) is 16.3. The summed E-state index contributed by atoms with van der Waals surface area (Å²) < 4.78 is 39.7. The zero-order valence-corrected chi connectivity index (χ0v) is 27.3. The lowest BCUT2D eigenvalue weighted by molar-refractivity contribution is -0.318. The molecule has 18 heteroatoms. The molecule has 6 rings (SSSR count). The Balaban J connectivity index is 1.29. The number of aromatic hydroxyl groups is 3.